The zero-order chi connectivity index (χ0) is 16.0. The second kappa shape index (κ2) is 6.95. The van der Waals surface area contributed by atoms with Crippen molar-refractivity contribution in [3.63, 3.8) is 0 Å². The van der Waals surface area contributed by atoms with E-state index in [2.05, 4.69) is 21.6 Å². The van der Waals surface area contributed by atoms with Crippen molar-refractivity contribution in [2.24, 2.45) is 0 Å². The Labute approximate surface area is 129 Å². The molecule has 6 nitrogen and oxygen atoms in total. The van der Waals surface area contributed by atoms with Gasteiger partial charge in [-0.25, -0.2) is 13.4 Å². The molecule has 2 aromatic rings. The molecule has 0 aliphatic carbocycles. The third kappa shape index (κ3) is 3.98. The maximum absolute atomic E-state index is 12.2. The van der Waals surface area contributed by atoms with E-state index >= 15 is 0 Å². The van der Waals surface area contributed by atoms with Crippen LogP contribution in [0.5, 0.6) is 5.75 Å². The highest BCUT2D eigenvalue weighted by molar-refractivity contribution is 7.92. The topological polar surface area (TPSA) is 80.3 Å². The number of hydrogen-bond acceptors (Lipinski definition) is 5. The number of ether oxygens (including phenoxy) is 1. The predicted octanol–water partition coefficient (Wildman–Crippen LogP) is 2.49. The first-order chi connectivity index (χ1) is 10.5. The first-order valence-corrected chi connectivity index (χ1v) is 8.01. The van der Waals surface area contributed by atoms with Crippen molar-refractivity contribution >= 4 is 21.5 Å². The summed E-state index contributed by atoms with van der Waals surface area (Å²) in [6, 6.07) is 9.45. The van der Waals surface area contributed by atoms with E-state index in [0.717, 1.165) is 5.69 Å². The summed E-state index contributed by atoms with van der Waals surface area (Å²) in [5, 5.41) is 3.06. The lowest BCUT2D eigenvalue weighted by Gasteiger charge is -2.09. The van der Waals surface area contributed by atoms with Gasteiger partial charge in [-0.3, -0.25) is 4.72 Å². The SMILES string of the molecule is C=CCNc1ccc(NS(=O)(=O)c2ccc(OC)cc2)nc1. The van der Waals surface area contributed by atoms with Gasteiger partial charge >= 0.3 is 0 Å². The minimum absolute atomic E-state index is 0.143. The molecular formula is C15H17N3O3S. The fourth-order valence-electron chi connectivity index (χ4n) is 1.70. The third-order valence-electron chi connectivity index (χ3n) is 2.82. The van der Waals surface area contributed by atoms with Crippen molar-refractivity contribution in [1.29, 1.82) is 0 Å². The Morgan fingerprint density at radius 1 is 1.23 bits per heavy atom. The van der Waals surface area contributed by atoms with E-state index < -0.39 is 10.0 Å². The second-order valence-electron chi connectivity index (χ2n) is 4.38. The standard InChI is InChI=1S/C15H17N3O3S/c1-3-10-16-12-4-9-15(17-11-12)18-22(19,20)14-7-5-13(21-2)6-8-14/h3-9,11,16H,1,10H2,2H3,(H,17,18). The van der Waals surface area contributed by atoms with E-state index in [-0.39, 0.29) is 10.7 Å². The van der Waals surface area contributed by atoms with Gasteiger partial charge in [0.2, 0.25) is 0 Å². The smallest absolute Gasteiger partial charge is 0.263 e. The van der Waals surface area contributed by atoms with Crippen molar-refractivity contribution in [2.75, 3.05) is 23.7 Å². The van der Waals surface area contributed by atoms with Gasteiger partial charge in [0.1, 0.15) is 11.6 Å². The molecule has 0 aliphatic rings. The average molecular weight is 319 g/mol. The van der Waals surface area contributed by atoms with Crippen molar-refractivity contribution in [2.45, 2.75) is 4.90 Å². The number of rotatable bonds is 7. The molecule has 0 aliphatic heterocycles. The van der Waals surface area contributed by atoms with Crippen LogP contribution in [0.15, 0.2) is 60.1 Å². The zero-order valence-corrected chi connectivity index (χ0v) is 12.9. The minimum atomic E-state index is -3.67. The highest BCUT2D eigenvalue weighted by atomic mass is 32.2. The predicted molar refractivity (Wildman–Crippen MR) is 86.7 cm³/mol. The highest BCUT2D eigenvalue weighted by Crippen LogP contribution is 2.18. The third-order valence-corrected chi connectivity index (χ3v) is 4.19. The summed E-state index contributed by atoms with van der Waals surface area (Å²) >= 11 is 0. The van der Waals surface area contributed by atoms with Crippen molar-refractivity contribution in [3.8, 4) is 5.75 Å². The lowest BCUT2D eigenvalue weighted by molar-refractivity contribution is 0.414. The lowest BCUT2D eigenvalue weighted by atomic mass is 10.3. The first-order valence-electron chi connectivity index (χ1n) is 6.53. The van der Waals surface area contributed by atoms with Gasteiger partial charge in [-0.15, -0.1) is 6.58 Å². The largest absolute Gasteiger partial charge is 0.497 e. The van der Waals surface area contributed by atoms with Crippen LogP contribution in [0.1, 0.15) is 0 Å². The van der Waals surface area contributed by atoms with Crippen molar-refractivity contribution in [3.05, 3.63) is 55.3 Å². The minimum Gasteiger partial charge on any atom is -0.497 e. The van der Waals surface area contributed by atoms with Gasteiger partial charge in [0.25, 0.3) is 10.0 Å². The van der Waals surface area contributed by atoms with Crippen LogP contribution in [0.25, 0.3) is 0 Å². The van der Waals surface area contributed by atoms with Crippen LogP contribution in [0.2, 0.25) is 0 Å². The molecule has 0 bridgehead atoms. The summed E-state index contributed by atoms with van der Waals surface area (Å²) in [7, 11) is -2.15. The molecule has 0 saturated heterocycles. The number of methoxy groups -OCH3 is 1. The molecule has 0 fully saturated rings. The van der Waals surface area contributed by atoms with Gasteiger partial charge in [0, 0.05) is 6.54 Å². The molecule has 22 heavy (non-hydrogen) atoms. The Morgan fingerprint density at radius 2 is 1.95 bits per heavy atom. The summed E-state index contributed by atoms with van der Waals surface area (Å²) < 4.78 is 31.9. The van der Waals surface area contributed by atoms with Crippen LogP contribution in [0.3, 0.4) is 0 Å². The summed E-state index contributed by atoms with van der Waals surface area (Å²) in [6.07, 6.45) is 3.27. The average Bonchev–Trinajstić information content (AvgIpc) is 2.54. The normalized spacial score (nSPS) is 10.8. The monoisotopic (exact) mass is 319 g/mol. The first kappa shape index (κ1) is 15.8. The van der Waals surface area contributed by atoms with Crippen LogP contribution in [0, 0.1) is 0 Å². The van der Waals surface area contributed by atoms with E-state index in [1.807, 2.05) is 0 Å². The van der Waals surface area contributed by atoms with Gasteiger partial charge in [-0.1, -0.05) is 6.08 Å². The van der Waals surface area contributed by atoms with Gasteiger partial charge in [-0.05, 0) is 36.4 Å². The molecule has 1 aromatic heterocycles. The van der Waals surface area contributed by atoms with Crippen LogP contribution < -0.4 is 14.8 Å². The number of nitrogens with one attached hydrogen (secondary N) is 2. The fraction of sp³-hybridized carbons (Fsp3) is 0.133. The fourth-order valence-corrected chi connectivity index (χ4v) is 2.71. The number of aromatic nitrogens is 1. The maximum Gasteiger partial charge on any atom is 0.263 e. The Hall–Kier alpha value is -2.54. The Bertz CT molecular complexity index is 726. The number of pyridine rings is 1. The molecule has 116 valence electrons. The quantitative estimate of drug-likeness (QED) is 0.766. The summed E-state index contributed by atoms with van der Waals surface area (Å²) in [5.74, 6) is 0.842. The van der Waals surface area contributed by atoms with Crippen molar-refractivity contribution in [1.82, 2.24) is 4.98 Å². The van der Waals surface area contributed by atoms with E-state index in [1.54, 1.807) is 36.5 Å². The van der Waals surface area contributed by atoms with Crippen molar-refractivity contribution < 1.29 is 13.2 Å². The zero-order valence-electron chi connectivity index (χ0n) is 12.1. The van der Waals surface area contributed by atoms with Crippen LogP contribution in [0.4, 0.5) is 11.5 Å². The number of benzene rings is 1. The van der Waals surface area contributed by atoms with E-state index in [1.165, 1.54) is 19.2 Å². The second-order valence-corrected chi connectivity index (χ2v) is 6.07. The molecule has 0 amide bonds. The Kier molecular flexibility index (Phi) is 5.00. The highest BCUT2D eigenvalue weighted by Gasteiger charge is 2.14. The summed E-state index contributed by atoms with van der Waals surface area (Å²) in [5.41, 5.74) is 0.785. The molecule has 1 aromatic carbocycles. The maximum atomic E-state index is 12.2. The number of anilines is 2. The molecule has 0 spiro atoms. The molecule has 0 atom stereocenters. The molecule has 2 rings (SSSR count). The van der Waals surface area contributed by atoms with Crippen LogP contribution >= 0.6 is 0 Å². The Morgan fingerprint density at radius 3 is 2.50 bits per heavy atom. The molecule has 1 heterocycles. The van der Waals surface area contributed by atoms with Gasteiger partial charge < -0.3 is 10.1 Å². The Balaban J connectivity index is 2.12. The summed E-state index contributed by atoms with van der Waals surface area (Å²) in [6.45, 7) is 4.21. The van der Waals surface area contributed by atoms with Gasteiger partial charge in [0.15, 0.2) is 0 Å². The molecular weight excluding hydrogens is 302 g/mol. The summed E-state index contributed by atoms with van der Waals surface area (Å²) in [4.78, 5) is 4.21. The van der Waals surface area contributed by atoms with E-state index in [0.29, 0.717) is 12.3 Å². The molecule has 7 heteroatoms. The van der Waals surface area contributed by atoms with E-state index in [4.69, 9.17) is 4.74 Å². The lowest BCUT2D eigenvalue weighted by Crippen LogP contribution is -2.14. The number of nitrogens with zero attached hydrogens (tertiary/aromatic N) is 1. The van der Waals surface area contributed by atoms with Crippen LogP contribution in [-0.4, -0.2) is 27.1 Å². The van der Waals surface area contributed by atoms with Crippen LogP contribution in [-0.2, 0) is 10.0 Å². The number of hydrogen-bond donors (Lipinski definition) is 2. The van der Waals surface area contributed by atoms with Gasteiger partial charge in [0.05, 0.1) is 23.9 Å². The molecule has 2 N–H and O–H groups in total. The van der Waals surface area contributed by atoms with E-state index in [9.17, 15) is 8.42 Å². The molecule has 0 saturated carbocycles. The van der Waals surface area contributed by atoms with Gasteiger partial charge in [-0.2, -0.15) is 0 Å². The number of sulfonamides is 1. The molecule has 0 unspecified atom stereocenters. The molecule has 0 radical (unpaired) electrons.